The van der Waals surface area contributed by atoms with Gasteiger partial charge in [-0.25, -0.2) is 12.8 Å². The number of nitrogens with zero attached hydrogens (tertiary/aromatic N) is 3. The van der Waals surface area contributed by atoms with E-state index in [1.54, 1.807) is 36.4 Å². The molecule has 0 fully saturated rings. The Hall–Kier alpha value is -3.51. The van der Waals surface area contributed by atoms with Crippen molar-refractivity contribution in [2.45, 2.75) is 6.61 Å². The van der Waals surface area contributed by atoms with Crippen molar-refractivity contribution in [1.29, 1.82) is 5.41 Å². The predicted octanol–water partition coefficient (Wildman–Crippen LogP) is 3.03. The van der Waals surface area contributed by atoms with Crippen molar-refractivity contribution in [3.05, 3.63) is 65.0 Å². The summed E-state index contributed by atoms with van der Waals surface area (Å²) in [6, 6.07) is 11.1. The number of nitrogens with one attached hydrogen (secondary N) is 1. The minimum absolute atomic E-state index is 0.00259. The number of thioether (sulfide) groups is 1. The van der Waals surface area contributed by atoms with E-state index in [-0.39, 0.29) is 33.4 Å². The molecule has 9 nitrogen and oxygen atoms in total. The number of amidine groups is 2. The molecule has 4 rings (SSSR count). The summed E-state index contributed by atoms with van der Waals surface area (Å²) < 4.78 is 48.1. The number of halogens is 1. The third-order valence-corrected chi connectivity index (χ3v) is 7.17. The van der Waals surface area contributed by atoms with Crippen LogP contribution in [-0.4, -0.2) is 48.1 Å². The van der Waals surface area contributed by atoms with Gasteiger partial charge < -0.3 is 9.47 Å². The molecule has 1 amide bonds. The molecule has 0 unspecified atom stereocenters. The molecule has 12 heteroatoms. The Bertz CT molecular complexity index is 1370. The smallest absolute Gasteiger partial charge is 0.283 e. The Morgan fingerprint density at radius 1 is 1.21 bits per heavy atom. The first-order valence-electron chi connectivity index (χ1n) is 9.42. The Morgan fingerprint density at radius 2 is 1.97 bits per heavy atom. The number of hydrazone groups is 1. The van der Waals surface area contributed by atoms with Crippen LogP contribution in [-0.2, 0) is 21.2 Å². The number of hydrogen-bond donors (Lipinski definition) is 1. The summed E-state index contributed by atoms with van der Waals surface area (Å²) >= 11 is 0.716. The summed E-state index contributed by atoms with van der Waals surface area (Å²) in [5.74, 6) is -0.660. The molecule has 0 saturated carbocycles. The van der Waals surface area contributed by atoms with Gasteiger partial charge in [0.2, 0.25) is 19.4 Å². The van der Waals surface area contributed by atoms with Gasteiger partial charge in [-0.15, -0.1) is 5.10 Å². The largest absolute Gasteiger partial charge is 0.493 e. The van der Waals surface area contributed by atoms with Crippen molar-refractivity contribution < 1.29 is 27.1 Å². The summed E-state index contributed by atoms with van der Waals surface area (Å²) in [6.07, 6.45) is 2.41. The lowest BCUT2D eigenvalue weighted by Crippen LogP contribution is -2.35. The van der Waals surface area contributed by atoms with Crippen LogP contribution in [0.5, 0.6) is 11.5 Å². The van der Waals surface area contributed by atoms with Gasteiger partial charge in [0, 0.05) is 11.8 Å². The number of aliphatic imine (C=N–C) groups is 1. The molecule has 2 aromatic carbocycles. The summed E-state index contributed by atoms with van der Waals surface area (Å²) in [5, 5.41) is 13.2. The van der Waals surface area contributed by atoms with E-state index in [4.69, 9.17) is 14.9 Å². The van der Waals surface area contributed by atoms with Crippen molar-refractivity contribution >= 4 is 49.0 Å². The van der Waals surface area contributed by atoms with Crippen LogP contribution in [0.4, 0.5) is 4.39 Å². The zero-order valence-corrected chi connectivity index (χ0v) is 19.0. The van der Waals surface area contributed by atoms with Crippen LogP contribution in [0, 0.1) is 11.2 Å². The zero-order valence-electron chi connectivity index (χ0n) is 17.4. The topological polar surface area (TPSA) is 121 Å². The highest BCUT2D eigenvalue weighted by atomic mass is 32.3. The highest BCUT2D eigenvalue weighted by Crippen LogP contribution is 2.32. The monoisotopic (exact) mass is 488 g/mol. The molecule has 0 saturated heterocycles. The average molecular weight is 489 g/mol. The van der Waals surface area contributed by atoms with Gasteiger partial charge in [-0.3, -0.25) is 10.2 Å². The van der Waals surface area contributed by atoms with Crippen LogP contribution < -0.4 is 9.47 Å². The Balaban J connectivity index is 1.59. The molecular weight excluding hydrogens is 471 g/mol. The van der Waals surface area contributed by atoms with E-state index in [9.17, 15) is 17.6 Å². The van der Waals surface area contributed by atoms with E-state index < -0.39 is 15.7 Å². The minimum Gasteiger partial charge on any atom is -0.493 e. The van der Waals surface area contributed by atoms with E-state index in [0.29, 0.717) is 34.4 Å². The van der Waals surface area contributed by atoms with Gasteiger partial charge in [0.1, 0.15) is 12.4 Å². The molecule has 170 valence electrons. The van der Waals surface area contributed by atoms with Crippen molar-refractivity contribution in [3.8, 4) is 11.5 Å². The lowest BCUT2D eigenvalue weighted by Gasteiger charge is -2.20. The summed E-state index contributed by atoms with van der Waals surface area (Å²) in [7, 11) is -2.17. The number of hydrogen-bond acceptors (Lipinski definition) is 8. The standard InChI is InChI=1S/C21H17FN4O5S2/c1-30-17-10-12(7-8-16(17)31-11-13-5-3-4-6-15(13)22)9-14-18(23)26-20(24-19(14)27)32-21(25-26)33(2,28)29/h3-10,23H,11H2,1-2H3/b14-9-,23-18?. The quantitative estimate of drug-likeness (QED) is 0.642. The second-order valence-corrected chi connectivity index (χ2v) is 10.1. The van der Waals surface area contributed by atoms with E-state index in [0.717, 1.165) is 11.3 Å². The number of fused-ring (bicyclic) bond motifs is 1. The first-order chi connectivity index (χ1) is 15.7. The molecule has 0 atom stereocenters. The molecule has 0 spiro atoms. The minimum atomic E-state index is -3.61. The molecule has 2 heterocycles. The summed E-state index contributed by atoms with van der Waals surface area (Å²) in [4.78, 5) is 16.3. The van der Waals surface area contributed by atoms with Crippen LogP contribution in [0.3, 0.4) is 0 Å². The Kier molecular flexibility index (Phi) is 6.04. The lowest BCUT2D eigenvalue weighted by molar-refractivity contribution is -0.114. The molecule has 0 aliphatic carbocycles. The van der Waals surface area contributed by atoms with Crippen LogP contribution in [0.1, 0.15) is 11.1 Å². The van der Waals surface area contributed by atoms with Crippen LogP contribution >= 0.6 is 11.8 Å². The van der Waals surface area contributed by atoms with Crippen molar-refractivity contribution in [1.82, 2.24) is 5.01 Å². The lowest BCUT2D eigenvalue weighted by atomic mass is 10.1. The van der Waals surface area contributed by atoms with Gasteiger partial charge in [0.25, 0.3) is 5.91 Å². The second kappa shape index (κ2) is 8.79. The van der Waals surface area contributed by atoms with Crippen LogP contribution in [0.15, 0.2) is 58.1 Å². The van der Waals surface area contributed by atoms with E-state index in [2.05, 4.69) is 10.1 Å². The second-order valence-electron chi connectivity index (χ2n) is 6.95. The van der Waals surface area contributed by atoms with E-state index >= 15 is 0 Å². The molecule has 2 aliphatic heterocycles. The number of carbonyl (C=O) groups is 1. The third kappa shape index (κ3) is 4.66. The number of carbonyl (C=O) groups excluding carboxylic acids is 1. The maximum absolute atomic E-state index is 13.8. The molecule has 1 N–H and O–H groups in total. The van der Waals surface area contributed by atoms with Gasteiger partial charge in [0.05, 0.1) is 12.7 Å². The highest BCUT2D eigenvalue weighted by Gasteiger charge is 2.38. The maximum Gasteiger partial charge on any atom is 0.283 e. The van der Waals surface area contributed by atoms with Crippen LogP contribution in [0.2, 0.25) is 0 Å². The first kappa shape index (κ1) is 22.7. The molecular formula is C21H17FN4O5S2. The molecule has 2 aliphatic rings. The van der Waals surface area contributed by atoms with E-state index in [1.165, 1.54) is 19.3 Å². The van der Waals surface area contributed by atoms with E-state index in [1.807, 2.05) is 0 Å². The Morgan fingerprint density at radius 3 is 2.67 bits per heavy atom. The number of rotatable bonds is 5. The van der Waals surface area contributed by atoms with Crippen molar-refractivity contribution in [2.75, 3.05) is 13.4 Å². The molecule has 0 aromatic heterocycles. The van der Waals surface area contributed by atoms with Crippen molar-refractivity contribution in [2.24, 2.45) is 10.1 Å². The fourth-order valence-corrected chi connectivity index (χ4v) is 4.64. The van der Waals surface area contributed by atoms with Gasteiger partial charge in [0.15, 0.2) is 17.3 Å². The SMILES string of the molecule is COc1cc(/C=C2/C(=N)N3N=C(S(C)(=O)=O)SC3=NC2=O)ccc1OCc1ccccc1F. The van der Waals surface area contributed by atoms with Gasteiger partial charge in [-0.05, 0) is 41.6 Å². The van der Waals surface area contributed by atoms with Gasteiger partial charge in [-0.1, -0.05) is 24.3 Å². The number of sulfone groups is 1. The predicted molar refractivity (Wildman–Crippen MR) is 124 cm³/mol. The average Bonchev–Trinajstić information content (AvgIpc) is 3.21. The number of methoxy groups -OCH3 is 1. The van der Waals surface area contributed by atoms with Gasteiger partial charge in [-0.2, -0.15) is 10.0 Å². The van der Waals surface area contributed by atoms with Crippen LogP contribution in [0.25, 0.3) is 6.08 Å². The Labute approximate surface area is 193 Å². The normalized spacial score (nSPS) is 17.1. The number of benzene rings is 2. The third-order valence-electron chi connectivity index (χ3n) is 4.59. The fraction of sp³-hybridized carbons (Fsp3) is 0.143. The molecule has 2 aromatic rings. The number of ether oxygens (including phenoxy) is 2. The number of amides is 1. The highest BCUT2D eigenvalue weighted by molar-refractivity contribution is 8.42. The fourth-order valence-electron chi connectivity index (χ4n) is 2.96. The van der Waals surface area contributed by atoms with Gasteiger partial charge >= 0.3 is 0 Å². The molecule has 0 bridgehead atoms. The maximum atomic E-state index is 13.8. The molecule has 33 heavy (non-hydrogen) atoms. The summed E-state index contributed by atoms with van der Waals surface area (Å²) in [5.41, 5.74) is 0.828. The first-order valence-corrected chi connectivity index (χ1v) is 12.1. The molecule has 0 radical (unpaired) electrons. The van der Waals surface area contributed by atoms with Crippen molar-refractivity contribution in [3.63, 3.8) is 0 Å². The summed E-state index contributed by atoms with van der Waals surface area (Å²) in [6.45, 7) is -0.00259. The zero-order chi connectivity index (χ0) is 23.8.